The highest BCUT2D eigenvalue weighted by atomic mass is 33.1. The standard InChI is InChI=1S/C9H16OS2/c1-2-8(10)4-3-5-9-6-7-11-12-9/h9H,2-7H2,1H3. The van der Waals surface area contributed by atoms with E-state index in [0.717, 1.165) is 18.1 Å². The van der Waals surface area contributed by atoms with Crippen molar-refractivity contribution in [2.24, 2.45) is 0 Å². The van der Waals surface area contributed by atoms with Crippen molar-refractivity contribution < 1.29 is 4.79 Å². The van der Waals surface area contributed by atoms with E-state index < -0.39 is 0 Å². The maximum absolute atomic E-state index is 11.0. The molecule has 1 aliphatic rings. The van der Waals surface area contributed by atoms with Crippen LogP contribution in [-0.2, 0) is 4.79 Å². The molecule has 0 radical (unpaired) electrons. The maximum Gasteiger partial charge on any atom is 0.132 e. The second kappa shape index (κ2) is 5.92. The Hall–Kier alpha value is 0.370. The first-order chi connectivity index (χ1) is 5.83. The molecule has 0 saturated carbocycles. The summed E-state index contributed by atoms with van der Waals surface area (Å²) < 4.78 is 0. The summed E-state index contributed by atoms with van der Waals surface area (Å²) in [5.41, 5.74) is 0. The number of carbonyl (C=O) groups excluding carboxylic acids is 1. The van der Waals surface area contributed by atoms with Crippen LogP contribution < -0.4 is 0 Å². The third kappa shape index (κ3) is 3.85. The fraction of sp³-hybridized carbons (Fsp3) is 0.889. The molecule has 0 aromatic rings. The molecule has 3 heteroatoms. The number of rotatable bonds is 5. The first-order valence-corrected chi connectivity index (χ1v) is 7.01. The number of hydrogen-bond acceptors (Lipinski definition) is 3. The molecule has 0 amide bonds. The van der Waals surface area contributed by atoms with Gasteiger partial charge in [0.05, 0.1) is 0 Å². The van der Waals surface area contributed by atoms with Crippen LogP contribution in [0.4, 0.5) is 0 Å². The van der Waals surface area contributed by atoms with Crippen LogP contribution in [0.15, 0.2) is 0 Å². The zero-order valence-electron chi connectivity index (χ0n) is 7.54. The third-order valence-electron chi connectivity index (χ3n) is 2.10. The summed E-state index contributed by atoms with van der Waals surface area (Å²) in [4.78, 5) is 11.0. The molecule has 1 heterocycles. The minimum absolute atomic E-state index is 0.422. The fourth-order valence-electron chi connectivity index (χ4n) is 1.27. The van der Waals surface area contributed by atoms with E-state index >= 15 is 0 Å². The summed E-state index contributed by atoms with van der Waals surface area (Å²) in [6, 6.07) is 0. The Morgan fingerprint density at radius 2 is 2.42 bits per heavy atom. The van der Waals surface area contributed by atoms with Gasteiger partial charge in [-0.2, -0.15) is 0 Å². The molecule has 0 bridgehead atoms. The van der Waals surface area contributed by atoms with Crippen LogP contribution in [0.2, 0.25) is 0 Å². The Kier molecular flexibility index (Phi) is 5.16. The predicted octanol–water partition coefficient (Wildman–Crippen LogP) is 3.29. The zero-order valence-corrected chi connectivity index (χ0v) is 9.18. The van der Waals surface area contributed by atoms with Crippen molar-refractivity contribution in [3.8, 4) is 0 Å². The van der Waals surface area contributed by atoms with Crippen molar-refractivity contribution in [2.75, 3.05) is 5.75 Å². The van der Waals surface area contributed by atoms with E-state index in [1.807, 2.05) is 28.5 Å². The Labute approximate surface area is 82.5 Å². The van der Waals surface area contributed by atoms with Gasteiger partial charge in [-0.3, -0.25) is 4.79 Å². The molecule has 12 heavy (non-hydrogen) atoms. The Morgan fingerprint density at radius 1 is 1.58 bits per heavy atom. The van der Waals surface area contributed by atoms with Gasteiger partial charge in [0, 0.05) is 23.8 Å². The Bertz CT molecular complexity index is 141. The van der Waals surface area contributed by atoms with Crippen molar-refractivity contribution in [1.29, 1.82) is 0 Å². The molecule has 0 aliphatic carbocycles. The van der Waals surface area contributed by atoms with Crippen LogP contribution in [0.3, 0.4) is 0 Å². The van der Waals surface area contributed by atoms with Gasteiger partial charge in [-0.15, -0.1) is 0 Å². The van der Waals surface area contributed by atoms with E-state index in [9.17, 15) is 4.79 Å². The van der Waals surface area contributed by atoms with Crippen LogP contribution in [0.5, 0.6) is 0 Å². The number of ketones is 1. The van der Waals surface area contributed by atoms with Gasteiger partial charge in [0.25, 0.3) is 0 Å². The number of carbonyl (C=O) groups is 1. The van der Waals surface area contributed by atoms with Gasteiger partial charge in [-0.05, 0) is 19.3 Å². The van der Waals surface area contributed by atoms with E-state index in [1.165, 1.54) is 18.6 Å². The maximum atomic E-state index is 11.0. The van der Waals surface area contributed by atoms with Gasteiger partial charge < -0.3 is 0 Å². The highest BCUT2D eigenvalue weighted by Gasteiger charge is 2.15. The lowest BCUT2D eigenvalue weighted by Crippen LogP contribution is -2.00. The summed E-state index contributed by atoms with van der Waals surface area (Å²) in [6.45, 7) is 1.95. The molecule has 1 nitrogen and oxygen atoms in total. The highest BCUT2D eigenvalue weighted by Crippen LogP contribution is 2.39. The Morgan fingerprint density at radius 3 is 3.00 bits per heavy atom. The minimum Gasteiger partial charge on any atom is -0.300 e. The molecule has 0 spiro atoms. The first-order valence-electron chi connectivity index (χ1n) is 4.63. The van der Waals surface area contributed by atoms with Gasteiger partial charge in [-0.25, -0.2) is 0 Å². The molecule has 1 atom stereocenters. The second-order valence-corrected chi connectivity index (χ2v) is 5.90. The zero-order chi connectivity index (χ0) is 8.81. The van der Waals surface area contributed by atoms with Gasteiger partial charge in [0.2, 0.25) is 0 Å². The summed E-state index contributed by atoms with van der Waals surface area (Å²) in [5.74, 6) is 1.72. The van der Waals surface area contributed by atoms with Gasteiger partial charge in [-0.1, -0.05) is 28.5 Å². The van der Waals surface area contributed by atoms with E-state index in [0.29, 0.717) is 12.2 Å². The molecule has 1 unspecified atom stereocenters. The van der Waals surface area contributed by atoms with E-state index in [-0.39, 0.29) is 0 Å². The van der Waals surface area contributed by atoms with Crippen molar-refractivity contribution in [3.05, 3.63) is 0 Å². The van der Waals surface area contributed by atoms with E-state index in [1.54, 1.807) is 0 Å². The predicted molar refractivity (Wildman–Crippen MR) is 57.6 cm³/mol. The monoisotopic (exact) mass is 204 g/mol. The van der Waals surface area contributed by atoms with Gasteiger partial charge >= 0.3 is 0 Å². The normalized spacial score (nSPS) is 22.9. The summed E-state index contributed by atoms with van der Waals surface area (Å²) in [5, 5.41) is 0.833. The average Bonchev–Trinajstić information content (AvgIpc) is 2.57. The lowest BCUT2D eigenvalue weighted by molar-refractivity contribution is -0.118. The van der Waals surface area contributed by atoms with Crippen molar-refractivity contribution >= 4 is 27.4 Å². The van der Waals surface area contributed by atoms with Crippen LogP contribution in [0.1, 0.15) is 39.0 Å². The topological polar surface area (TPSA) is 17.1 Å². The van der Waals surface area contributed by atoms with Gasteiger partial charge in [0.1, 0.15) is 5.78 Å². The smallest absolute Gasteiger partial charge is 0.132 e. The summed E-state index contributed by atoms with van der Waals surface area (Å²) in [7, 11) is 3.99. The lowest BCUT2D eigenvalue weighted by atomic mass is 10.1. The van der Waals surface area contributed by atoms with Crippen molar-refractivity contribution in [3.63, 3.8) is 0 Å². The molecule has 1 fully saturated rings. The van der Waals surface area contributed by atoms with Crippen LogP contribution in [0, 0.1) is 0 Å². The van der Waals surface area contributed by atoms with E-state index in [4.69, 9.17) is 0 Å². The molecule has 1 aliphatic heterocycles. The first kappa shape index (κ1) is 10.5. The molecule has 70 valence electrons. The lowest BCUT2D eigenvalue weighted by Gasteiger charge is -2.05. The largest absolute Gasteiger partial charge is 0.300 e. The molecule has 1 saturated heterocycles. The summed E-state index contributed by atoms with van der Waals surface area (Å²) >= 11 is 0. The highest BCUT2D eigenvalue weighted by molar-refractivity contribution is 8.77. The molecule has 1 rings (SSSR count). The number of Topliss-reactive ketones (excluding diaryl/α,β-unsaturated/α-hetero) is 1. The molecule has 0 N–H and O–H groups in total. The van der Waals surface area contributed by atoms with Crippen LogP contribution in [-0.4, -0.2) is 16.8 Å². The average molecular weight is 204 g/mol. The Balaban J connectivity index is 1.97. The van der Waals surface area contributed by atoms with Crippen LogP contribution in [0.25, 0.3) is 0 Å². The molecule has 0 aromatic carbocycles. The number of hydrogen-bond donors (Lipinski definition) is 0. The fourth-order valence-corrected chi connectivity index (χ4v) is 4.30. The van der Waals surface area contributed by atoms with E-state index in [2.05, 4.69) is 0 Å². The van der Waals surface area contributed by atoms with Crippen LogP contribution >= 0.6 is 21.6 Å². The second-order valence-electron chi connectivity index (χ2n) is 3.11. The quantitative estimate of drug-likeness (QED) is 0.640. The summed E-state index contributed by atoms with van der Waals surface area (Å²) in [6.07, 6.45) is 5.20. The minimum atomic E-state index is 0.422. The third-order valence-corrected chi connectivity index (χ3v) is 5.11. The molecular formula is C9H16OS2. The van der Waals surface area contributed by atoms with Crippen molar-refractivity contribution in [2.45, 2.75) is 44.3 Å². The molecular weight excluding hydrogens is 188 g/mol. The SMILES string of the molecule is CCC(=O)CCCC1CCSS1. The van der Waals surface area contributed by atoms with Crippen molar-refractivity contribution in [1.82, 2.24) is 0 Å². The molecule has 0 aromatic heterocycles. The van der Waals surface area contributed by atoms with Gasteiger partial charge in [0.15, 0.2) is 0 Å².